The standard InChI is InChI=1S/C15H23N3O2/c1-11(2)10-13(12-8-6-7-9-16-12)17-18-14(19)20-15(3,4)5/h6-9,11H,10H2,1-5H3,(H,18,19). The topological polar surface area (TPSA) is 63.6 Å². The highest BCUT2D eigenvalue weighted by Gasteiger charge is 2.16. The average Bonchev–Trinajstić information content (AvgIpc) is 2.33. The van der Waals surface area contributed by atoms with Crippen molar-refractivity contribution in [2.75, 3.05) is 0 Å². The zero-order valence-electron chi connectivity index (χ0n) is 12.8. The summed E-state index contributed by atoms with van der Waals surface area (Å²) in [5.41, 5.74) is 3.39. The number of hydrazone groups is 1. The third-order valence-corrected chi connectivity index (χ3v) is 2.24. The van der Waals surface area contributed by atoms with E-state index in [4.69, 9.17) is 4.74 Å². The molecule has 0 unspecified atom stereocenters. The molecule has 0 fully saturated rings. The molecule has 0 bridgehead atoms. The van der Waals surface area contributed by atoms with Crippen LogP contribution < -0.4 is 5.43 Å². The fourth-order valence-corrected chi connectivity index (χ4v) is 1.54. The van der Waals surface area contributed by atoms with Gasteiger partial charge in [0.1, 0.15) is 5.60 Å². The van der Waals surface area contributed by atoms with E-state index >= 15 is 0 Å². The van der Waals surface area contributed by atoms with Gasteiger partial charge in [-0.05, 0) is 45.2 Å². The minimum absolute atomic E-state index is 0.413. The van der Waals surface area contributed by atoms with Gasteiger partial charge in [-0.25, -0.2) is 10.2 Å². The monoisotopic (exact) mass is 277 g/mol. The first-order valence-electron chi connectivity index (χ1n) is 6.75. The largest absolute Gasteiger partial charge is 0.443 e. The number of amides is 1. The Bertz CT molecular complexity index is 462. The highest BCUT2D eigenvalue weighted by molar-refractivity contribution is 5.99. The first-order chi connectivity index (χ1) is 9.28. The third kappa shape index (κ3) is 6.31. The zero-order valence-corrected chi connectivity index (χ0v) is 12.8. The van der Waals surface area contributed by atoms with Crippen LogP contribution in [0, 0.1) is 5.92 Å². The normalized spacial score (nSPS) is 12.4. The van der Waals surface area contributed by atoms with Gasteiger partial charge in [-0.15, -0.1) is 0 Å². The Balaban J connectivity index is 2.79. The fourth-order valence-electron chi connectivity index (χ4n) is 1.54. The maximum Gasteiger partial charge on any atom is 0.428 e. The average molecular weight is 277 g/mol. The molecule has 1 aromatic heterocycles. The van der Waals surface area contributed by atoms with Gasteiger partial charge in [-0.3, -0.25) is 4.98 Å². The minimum atomic E-state index is -0.560. The summed E-state index contributed by atoms with van der Waals surface area (Å²) in [4.78, 5) is 15.9. The molecule has 1 rings (SSSR count). The first-order valence-corrected chi connectivity index (χ1v) is 6.75. The lowest BCUT2D eigenvalue weighted by atomic mass is 10.0. The van der Waals surface area contributed by atoms with Gasteiger partial charge in [0.2, 0.25) is 0 Å². The van der Waals surface area contributed by atoms with E-state index in [9.17, 15) is 4.79 Å². The second kappa shape index (κ2) is 7.03. The minimum Gasteiger partial charge on any atom is -0.443 e. The Hall–Kier alpha value is -1.91. The molecule has 1 amide bonds. The molecule has 0 aliphatic heterocycles. The number of nitrogens with zero attached hydrogens (tertiary/aromatic N) is 2. The van der Waals surface area contributed by atoms with Crippen LogP contribution in [0.25, 0.3) is 0 Å². The van der Waals surface area contributed by atoms with Crippen molar-refractivity contribution in [2.45, 2.75) is 46.6 Å². The van der Waals surface area contributed by atoms with Gasteiger partial charge in [0, 0.05) is 6.20 Å². The molecule has 0 radical (unpaired) electrons. The van der Waals surface area contributed by atoms with Crippen LogP contribution in [0.2, 0.25) is 0 Å². The summed E-state index contributed by atoms with van der Waals surface area (Å²) in [6.07, 6.45) is 1.88. The Morgan fingerprint density at radius 1 is 1.40 bits per heavy atom. The molecule has 0 aliphatic rings. The SMILES string of the molecule is CC(C)CC(=NNC(=O)OC(C)(C)C)c1ccccn1. The van der Waals surface area contributed by atoms with Crippen LogP contribution in [0.1, 0.15) is 46.7 Å². The summed E-state index contributed by atoms with van der Waals surface area (Å²) >= 11 is 0. The van der Waals surface area contributed by atoms with Crippen molar-refractivity contribution in [3.8, 4) is 0 Å². The van der Waals surface area contributed by atoms with Crippen molar-refractivity contribution in [3.63, 3.8) is 0 Å². The van der Waals surface area contributed by atoms with Crippen molar-refractivity contribution >= 4 is 11.8 Å². The van der Waals surface area contributed by atoms with Gasteiger partial charge in [-0.2, -0.15) is 5.10 Å². The second-order valence-corrected chi connectivity index (χ2v) is 5.99. The number of rotatable bonds is 4. The highest BCUT2D eigenvalue weighted by Crippen LogP contribution is 2.09. The van der Waals surface area contributed by atoms with Crippen LogP contribution >= 0.6 is 0 Å². The number of hydrogen-bond donors (Lipinski definition) is 1. The molecular formula is C15H23N3O2. The smallest absolute Gasteiger partial charge is 0.428 e. The molecule has 5 nitrogen and oxygen atoms in total. The predicted molar refractivity (Wildman–Crippen MR) is 79.6 cm³/mol. The highest BCUT2D eigenvalue weighted by atomic mass is 16.6. The molecule has 0 aromatic carbocycles. The van der Waals surface area contributed by atoms with E-state index in [0.29, 0.717) is 5.92 Å². The van der Waals surface area contributed by atoms with Crippen LogP contribution in [-0.2, 0) is 4.74 Å². The fraction of sp³-hybridized carbons (Fsp3) is 0.533. The first kappa shape index (κ1) is 16.1. The third-order valence-electron chi connectivity index (χ3n) is 2.24. The molecule has 1 aromatic rings. The van der Waals surface area contributed by atoms with Crippen LogP contribution in [0.15, 0.2) is 29.5 Å². The molecule has 20 heavy (non-hydrogen) atoms. The van der Waals surface area contributed by atoms with Crippen molar-refractivity contribution in [2.24, 2.45) is 11.0 Å². The summed E-state index contributed by atoms with van der Waals surface area (Å²) in [6.45, 7) is 9.61. The van der Waals surface area contributed by atoms with Gasteiger partial charge in [0.05, 0.1) is 11.4 Å². The van der Waals surface area contributed by atoms with Crippen LogP contribution in [0.3, 0.4) is 0 Å². The van der Waals surface area contributed by atoms with Crippen molar-refractivity contribution in [1.29, 1.82) is 0 Å². The van der Waals surface area contributed by atoms with Gasteiger partial charge in [0.25, 0.3) is 0 Å². The van der Waals surface area contributed by atoms with E-state index < -0.39 is 11.7 Å². The summed E-state index contributed by atoms with van der Waals surface area (Å²) in [7, 11) is 0. The predicted octanol–water partition coefficient (Wildman–Crippen LogP) is 3.36. The van der Waals surface area contributed by atoms with E-state index in [-0.39, 0.29) is 0 Å². The Morgan fingerprint density at radius 2 is 2.10 bits per heavy atom. The van der Waals surface area contributed by atoms with E-state index in [1.54, 1.807) is 6.20 Å². The Labute approximate surface area is 120 Å². The van der Waals surface area contributed by atoms with Gasteiger partial charge in [-0.1, -0.05) is 19.9 Å². The number of carbonyl (C=O) groups excluding carboxylic acids is 1. The maximum absolute atomic E-state index is 11.6. The van der Waals surface area contributed by atoms with Crippen LogP contribution in [-0.4, -0.2) is 22.4 Å². The molecule has 0 spiro atoms. The maximum atomic E-state index is 11.6. The number of pyridine rings is 1. The van der Waals surface area contributed by atoms with Crippen LogP contribution in [0.5, 0.6) is 0 Å². The number of aromatic nitrogens is 1. The van der Waals surface area contributed by atoms with Crippen molar-refractivity contribution in [1.82, 2.24) is 10.4 Å². The molecule has 0 saturated carbocycles. The summed E-state index contributed by atoms with van der Waals surface area (Å²) in [6, 6.07) is 5.61. The molecule has 1 N–H and O–H groups in total. The lowest BCUT2D eigenvalue weighted by molar-refractivity contribution is 0.0529. The van der Waals surface area contributed by atoms with E-state index in [1.165, 1.54) is 0 Å². The quantitative estimate of drug-likeness (QED) is 0.678. The molecule has 1 heterocycles. The molecular weight excluding hydrogens is 254 g/mol. The Kier molecular flexibility index (Phi) is 5.67. The number of hydrogen-bond acceptors (Lipinski definition) is 4. The van der Waals surface area contributed by atoms with Crippen molar-refractivity contribution < 1.29 is 9.53 Å². The van der Waals surface area contributed by atoms with Crippen LogP contribution in [0.4, 0.5) is 4.79 Å². The van der Waals surface area contributed by atoms with Gasteiger partial charge >= 0.3 is 6.09 Å². The van der Waals surface area contributed by atoms with Gasteiger partial charge < -0.3 is 4.74 Å². The lowest BCUT2D eigenvalue weighted by Crippen LogP contribution is -2.30. The summed E-state index contributed by atoms with van der Waals surface area (Å²) in [5.74, 6) is 0.413. The molecule has 0 atom stereocenters. The second-order valence-electron chi connectivity index (χ2n) is 5.99. The van der Waals surface area contributed by atoms with E-state index in [1.807, 2.05) is 39.0 Å². The molecule has 0 aliphatic carbocycles. The molecule has 0 saturated heterocycles. The van der Waals surface area contributed by atoms with Gasteiger partial charge in [0.15, 0.2) is 0 Å². The van der Waals surface area contributed by atoms with Crippen molar-refractivity contribution in [3.05, 3.63) is 30.1 Å². The van der Waals surface area contributed by atoms with E-state index in [2.05, 4.69) is 29.4 Å². The molecule has 5 heteroatoms. The number of nitrogens with one attached hydrogen (secondary N) is 1. The lowest BCUT2D eigenvalue weighted by Gasteiger charge is -2.18. The van der Waals surface area contributed by atoms with E-state index in [0.717, 1.165) is 17.8 Å². The Morgan fingerprint density at radius 3 is 2.60 bits per heavy atom. The summed E-state index contributed by atoms with van der Waals surface area (Å²) < 4.78 is 5.15. The number of carbonyl (C=O) groups is 1. The number of ether oxygens (including phenoxy) is 1. The zero-order chi connectivity index (χ0) is 15.2. The summed E-state index contributed by atoms with van der Waals surface area (Å²) in [5, 5.41) is 4.15. The molecule has 110 valence electrons.